The zero-order valence-electron chi connectivity index (χ0n) is 13.0. The summed E-state index contributed by atoms with van der Waals surface area (Å²) in [7, 11) is 0. The molecule has 0 fully saturated rings. The van der Waals surface area contributed by atoms with Crippen LogP contribution in [-0.2, 0) is 6.54 Å². The molecule has 0 unspecified atom stereocenters. The lowest BCUT2D eigenvalue weighted by Crippen LogP contribution is -2.02. The van der Waals surface area contributed by atoms with Gasteiger partial charge in [0, 0.05) is 5.02 Å². The molecular formula is C15H14Cl2N6S. The van der Waals surface area contributed by atoms with Gasteiger partial charge in [-0.3, -0.25) is 5.10 Å². The lowest BCUT2D eigenvalue weighted by Gasteiger charge is -2.03. The van der Waals surface area contributed by atoms with E-state index in [1.807, 2.05) is 38.1 Å². The topological polar surface area (TPSA) is 63.8 Å². The molecule has 0 saturated carbocycles. The molecule has 2 heterocycles. The Labute approximate surface area is 153 Å². The zero-order valence-corrected chi connectivity index (χ0v) is 15.3. The number of aromatic nitrogens is 5. The number of hydrogen-bond acceptors (Lipinski definition) is 4. The van der Waals surface area contributed by atoms with Crippen molar-refractivity contribution in [3.8, 4) is 0 Å². The maximum absolute atomic E-state index is 6.45. The van der Waals surface area contributed by atoms with Crippen molar-refractivity contribution < 1.29 is 0 Å². The first-order valence-corrected chi connectivity index (χ1v) is 8.28. The SMILES string of the molecule is Cc1nn(Cc2ccc(Cl)cc2)c(Cl)c1/C=N\n1c(C)n[nH]c1=S. The maximum atomic E-state index is 6.45. The van der Waals surface area contributed by atoms with Crippen LogP contribution in [0.1, 0.15) is 22.6 Å². The van der Waals surface area contributed by atoms with Crippen molar-refractivity contribution in [3.63, 3.8) is 0 Å². The standard InChI is InChI=1S/C15H14Cl2N6S/c1-9-13(7-18-23-10(2)19-20-15(23)24)14(17)22(21-9)8-11-3-5-12(16)6-4-11/h3-7H,8H2,1-2H3,(H,20,24)/b18-7-. The Hall–Kier alpha value is -1.96. The average Bonchev–Trinajstić information content (AvgIpc) is 3.00. The van der Waals surface area contributed by atoms with Crippen molar-refractivity contribution in [2.24, 2.45) is 5.10 Å². The largest absolute Gasteiger partial charge is 0.250 e. The molecule has 3 aromatic rings. The first kappa shape index (κ1) is 16.9. The third kappa shape index (κ3) is 3.43. The average molecular weight is 381 g/mol. The third-order valence-electron chi connectivity index (χ3n) is 3.47. The molecule has 0 aliphatic carbocycles. The highest BCUT2D eigenvalue weighted by molar-refractivity contribution is 7.71. The van der Waals surface area contributed by atoms with Gasteiger partial charge in [0.15, 0.2) is 0 Å². The molecule has 0 amide bonds. The Morgan fingerprint density at radius 1 is 1.25 bits per heavy atom. The van der Waals surface area contributed by atoms with Crippen molar-refractivity contribution >= 4 is 41.6 Å². The van der Waals surface area contributed by atoms with Gasteiger partial charge < -0.3 is 0 Å². The van der Waals surface area contributed by atoms with Crippen LogP contribution in [0.2, 0.25) is 10.2 Å². The van der Waals surface area contributed by atoms with Gasteiger partial charge in [0.05, 0.1) is 24.0 Å². The summed E-state index contributed by atoms with van der Waals surface area (Å²) in [4.78, 5) is 0. The van der Waals surface area contributed by atoms with Crippen LogP contribution in [0.3, 0.4) is 0 Å². The second-order valence-corrected chi connectivity index (χ2v) is 6.39. The van der Waals surface area contributed by atoms with E-state index in [9.17, 15) is 0 Å². The highest BCUT2D eigenvalue weighted by atomic mass is 35.5. The summed E-state index contributed by atoms with van der Waals surface area (Å²) in [5.41, 5.74) is 2.58. The van der Waals surface area contributed by atoms with Gasteiger partial charge in [-0.1, -0.05) is 35.3 Å². The number of H-pyrrole nitrogens is 1. The Balaban J connectivity index is 1.89. The number of halogens is 2. The number of aryl methyl sites for hydroxylation is 2. The minimum absolute atomic E-state index is 0.422. The number of aromatic amines is 1. The Morgan fingerprint density at radius 3 is 2.58 bits per heavy atom. The van der Waals surface area contributed by atoms with Crippen molar-refractivity contribution in [1.82, 2.24) is 24.7 Å². The third-order valence-corrected chi connectivity index (χ3v) is 4.38. The summed E-state index contributed by atoms with van der Waals surface area (Å²) >= 11 is 17.5. The van der Waals surface area contributed by atoms with E-state index in [1.54, 1.807) is 10.9 Å². The predicted octanol–water partition coefficient (Wildman–Crippen LogP) is 3.99. The number of nitrogens with one attached hydrogen (secondary N) is 1. The minimum Gasteiger partial charge on any atom is -0.250 e. The van der Waals surface area contributed by atoms with Gasteiger partial charge in [-0.15, -0.1) is 0 Å². The normalized spacial score (nSPS) is 11.5. The van der Waals surface area contributed by atoms with E-state index in [2.05, 4.69) is 20.4 Å². The van der Waals surface area contributed by atoms with Gasteiger partial charge in [0.25, 0.3) is 0 Å². The monoisotopic (exact) mass is 380 g/mol. The zero-order chi connectivity index (χ0) is 17.3. The molecule has 2 aromatic heterocycles. The Kier molecular flexibility index (Phi) is 4.84. The molecule has 0 radical (unpaired) electrons. The molecule has 0 saturated heterocycles. The number of hydrogen-bond donors (Lipinski definition) is 1. The van der Waals surface area contributed by atoms with Crippen LogP contribution in [0.4, 0.5) is 0 Å². The number of nitrogens with zero attached hydrogens (tertiary/aromatic N) is 5. The van der Waals surface area contributed by atoms with E-state index < -0.39 is 0 Å². The molecule has 0 spiro atoms. The molecule has 9 heteroatoms. The van der Waals surface area contributed by atoms with Gasteiger partial charge in [0.1, 0.15) is 11.0 Å². The fraction of sp³-hybridized carbons (Fsp3) is 0.200. The lowest BCUT2D eigenvalue weighted by molar-refractivity contribution is 0.680. The second-order valence-electron chi connectivity index (χ2n) is 5.21. The minimum atomic E-state index is 0.422. The molecule has 1 N–H and O–H groups in total. The quantitative estimate of drug-likeness (QED) is 0.549. The summed E-state index contributed by atoms with van der Waals surface area (Å²) in [6, 6.07) is 7.56. The molecule has 0 aliphatic heterocycles. The van der Waals surface area contributed by atoms with Gasteiger partial charge in [-0.25, -0.2) is 4.68 Å². The first-order valence-electron chi connectivity index (χ1n) is 7.11. The first-order chi connectivity index (χ1) is 11.5. The van der Waals surface area contributed by atoms with Crippen molar-refractivity contribution in [2.75, 3.05) is 0 Å². The molecule has 124 valence electrons. The van der Waals surface area contributed by atoms with Crippen LogP contribution in [-0.4, -0.2) is 30.9 Å². The van der Waals surface area contributed by atoms with Crippen LogP contribution < -0.4 is 0 Å². The van der Waals surface area contributed by atoms with Gasteiger partial charge in [-0.05, 0) is 43.8 Å². The number of rotatable bonds is 4. The molecule has 6 nitrogen and oxygen atoms in total. The fourth-order valence-electron chi connectivity index (χ4n) is 2.20. The van der Waals surface area contributed by atoms with E-state index in [4.69, 9.17) is 35.4 Å². The van der Waals surface area contributed by atoms with Crippen molar-refractivity contribution in [2.45, 2.75) is 20.4 Å². The smallest absolute Gasteiger partial charge is 0.216 e. The van der Waals surface area contributed by atoms with Crippen LogP contribution in [0.5, 0.6) is 0 Å². The van der Waals surface area contributed by atoms with E-state index in [1.165, 1.54) is 4.68 Å². The van der Waals surface area contributed by atoms with Gasteiger partial charge in [-0.2, -0.15) is 20.0 Å². The Bertz CT molecular complexity index is 951. The molecule has 1 aromatic carbocycles. The summed E-state index contributed by atoms with van der Waals surface area (Å²) in [5.74, 6) is 0.665. The van der Waals surface area contributed by atoms with Crippen molar-refractivity contribution in [3.05, 3.63) is 61.9 Å². The predicted molar refractivity (Wildman–Crippen MR) is 97.7 cm³/mol. The fourth-order valence-corrected chi connectivity index (χ4v) is 2.84. The van der Waals surface area contributed by atoms with Crippen LogP contribution in [0, 0.1) is 18.6 Å². The van der Waals surface area contributed by atoms with E-state index >= 15 is 0 Å². The molecule has 0 aliphatic rings. The van der Waals surface area contributed by atoms with Crippen LogP contribution in [0.25, 0.3) is 0 Å². The van der Waals surface area contributed by atoms with E-state index in [0.717, 1.165) is 16.8 Å². The molecular weight excluding hydrogens is 367 g/mol. The maximum Gasteiger partial charge on any atom is 0.216 e. The summed E-state index contributed by atoms with van der Waals surface area (Å²) in [6.45, 7) is 4.24. The van der Waals surface area contributed by atoms with Crippen molar-refractivity contribution in [1.29, 1.82) is 0 Å². The highest BCUT2D eigenvalue weighted by Gasteiger charge is 2.12. The van der Waals surface area contributed by atoms with Crippen LogP contribution in [0.15, 0.2) is 29.4 Å². The van der Waals surface area contributed by atoms with E-state index in [-0.39, 0.29) is 0 Å². The molecule has 24 heavy (non-hydrogen) atoms. The highest BCUT2D eigenvalue weighted by Crippen LogP contribution is 2.20. The molecule has 0 atom stereocenters. The summed E-state index contributed by atoms with van der Waals surface area (Å²) in [6.07, 6.45) is 1.64. The number of benzene rings is 1. The van der Waals surface area contributed by atoms with Gasteiger partial charge in [0.2, 0.25) is 4.77 Å². The van der Waals surface area contributed by atoms with Crippen LogP contribution >= 0.6 is 35.4 Å². The summed E-state index contributed by atoms with van der Waals surface area (Å²) in [5, 5.41) is 16.7. The second kappa shape index (κ2) is 6.88. The molecule has 3 rings (SSSR count). The van der Waals surface area contributed by atoms with Gasteiger partial charge >= 0.3 is 0 Å². The molecule has 0 bridgehead atoms. The summed E-state index contributed by atoms with van der Waals surface area (Å²) < 4.78 is 3.68. The van der Waals surface area contributed by atoms with E-state index in [0.29, 0.717) is 27.3 Å². The lowest BCUT2D eigenvalue weighted by atomic mass is 10.2. The Morgan fingerprint density at radius 2 is 1.96 bits per heavy atom.